The topological polar surface area (TPSA) is 68.0 Å². The van der Waals surface area contributed by atoms with Crippen LogP contribution in [0.25, 0.3) is 5.69 Å². The fraction of sp³-hybridized carbons (Fsp3) is 0.250. The van der Waals surface area contributed by atoms with Crippen molar-refractivity contribution in [3.63, 3.8) is 0 Å². The molecule has 1 saturated carbocycles. The molecule has 1 N–H and O–H groups in total. The molecule has 0 aliphatic heterocycles. The van der Waals surface area contributed by atoms with Crippen molar-refractivity contribution in [2.75, 3.05) is 0 Å². The fourth-order valence-electron chi connectivity index (χ4n) is 1.99. The molecule has 7 heteroatoms. The number of nitrogens with zero attached hydrogens (tertiary/aromatic N) is 3. The largest absolute Gasteiger partial charge is 0.476 e. The van der Waals surface area contributed by atoms with Gasteiger partial charge >= 0.3 is 5.97 Å². The Morgan fingerprint density at radius 2 is 2.11 bits per heavy atom. The van der Waals surface area contributed by atoms with Gasteiger partial charge in [-0.25, -0.2) is 9.48 Å². The molecule has 0 atom stereocenters. The minimum atomic E-state index is -1.03. The first kappa shape index (κ1) is 12.8. The van der Waals surface area contributed by atoms with Crippen molar-refractivity contribution in [2.24, 2.45) is 0 Å². The van der Waals surface area contributed by atoms with Gasteiger partial charge in [-0.2, -0.15) is 0 Å². The number of halogens is 2. The quantitative estimate of drug-likeness (QED) is 0.877. The van der Waals surface area contributed by atoms with Crippen LogP contribution >= 0.6 is 31.9 Å². The maximum Gasteiger partial charge on any atom is 0.358 e. The average molecular weight is 387 g/mol. The Hall–Kier alpha value is -1.21. The summed E-state index contributed by atoms with van der Waals surface area (Å²) in [7, 11) is 0. The lowest BCUT2D eigenvalue weighted by molar-refractivity contribution is 0.0689. The van der Waals surface area contributed by atoms with E-state index >= 15 is 0 Å². The van der Waals surface area contributed by atoms with Crippen LogP contribution in [0, 0.1) is 0 Å². The lowest BCUT2D eigenvalue weighted by Crippen LogP contribution is -2.06. The molecule has 0 amide bonds. The summed E-state index contributed by atoms with van der Waals surface area (Å²) in [5.41, 5.74) is 1.52. The van der Waals surface area contributed by atoms with Gasteiger partial charge in [-0.3, -0.25) is 0 Å². The fourth-order valence-corrected chi connectivity index (χ4v) is 2.75. The van der Waals surface area contributed by atoms with Crippen LogP contribution < -0.4 is 0 Å². The summed E-state index contributed by atoms with van der Waals surface area (Å²) in [6.45, 7) is 0. The number of hydrogen-bond donors (Lipinski definition) is 1. The van der Waals surface area contributed by atoms with Crippen molar-refractivity contribution < 1.29 is 9.90 Å². The summed E-state index contributed by atoms with van der Waals surface area (Å²) in [6.07, 6.45) is 1.97. The van der Waals surface area contributed by atoms with Gasteiger partial charge in [-0.1, -0.05) is 21.1 Å². The first-order valence-electron chi connectivity index (χ1n) is 5.72. The predicted molar refractivity (Wildman–Crippen MR) is 75.7 cm³/mol. The van der Waals surface area contributed by atoms with Crippen LogP contribution in [-0.2, 0) is 0 Å². The van der Waals surface area contributed by atoms with Crippen LogP contribution in [0.15, 0.2) is 27.1 Å². The molecule has 5 nitrogen and oxygen atoms in total. The van der Waals surface area contributed by atoms with Crippen molar-refractivity contribution in [1.29, 1.82) is 0 Å². The highest BCUT2D eigenvalue weighted by Crippen LogP contribution is 2.42. The van der Waals surface area contributed by atoms with E-state index in [9.17, 15) is 9.90 Å². The van der Waals surface area contributed by atoms with Crippen LogP contribution in [-0.4, -0.2) is 26.1 Å². The molecule has 98 valence electrons. The SMILES string of the molecule is O=C(O)c1nnn(-c2cc(Br)ccc2Br)c1C1CC1. The standard InChI is InChI=1S/C12H9Br2N3O2/c13-7-3-4-8(14)9(5-7)17-11(6-1-2-6)10(12(18)19)15-16-17/h3-6H,1-2H2,(H,18,19). The number of hydrogen-bond acceptors (Lipinski definition) is 3. The highest BCUT2D eigenvalue weighted by atomic mass is 79.9. The number of carboxylic acid groups (broad SMARTS) is 1. The van der Waals surface area contributed by atoms with E-state index in [0.717, 1.165) is 27.5 Å². The first-order valence-corrected chi connectivity index (χ1v) is 7.31. The number of aromatic nitrogens is 3. The third-order valence-corrected chi connectivity index (χ3v) is 4.17. The monoisotopic (exact) mass is 385 g/mol. The van der Waals surface area contributed by atoms with Crippen LogP contribution in [0.2, 0.25) is 0 Å². The van der Waals surface area contributed by atoms with Crippen LogP contribution in [0.4, 0.5) is 0 Å². The minimum Gasteiger partial charge on any atom is -0.476 e. The van der Waals surface area contributed by atoms with Gasteiger partial charge in [0, 0.05) is 14.9 Å². The molecular weight excluding hydrogens is 378 g/mol. The van der Waals surface area contributed by atoms with Crippen LogP contribution in [0.1, 0.15) is 34.9 Å². The zero-order chi connectivity index (χ0) is 13.6. The molecule has 0 unspecified atom stereocenters. The second kappa shape index (κ2) is 4.72. The van der Waals surface area contributed by atoms with Gasteiger partial charge in [0.25, 0.3) is 0 Å². The summed E-state index contributed by atoms with van der Waals surface area (Å²) in [4.78, 5) is 11.2. The van der Waals surface area contributed by atoms with Gasteiger partial charge in [0.15, 0.2) is 5.69 Å². The van der Waals surface area contributed by atoms with Crippen molar-refractivity contribution in [3.05, 3.63) is 38.5 Å². The molecule has 1 aliphatic rings. The molecule has 1 aromatic heterocycles. The lowest BCUT2D eigenvalue weighted by Gasteiger charge is -2.08. The minimum absolute atomic E-state index is 0.0503. The van der Waals surface area contributed by atoms with E-state index in [1.165, 1.54) is 0 Å². The van der Waals surface area contributed by atoms with Gasteiger partial charge in [0.05, 0.1) is 11.4 Å². The number of carboxylic acids is 1. The van der Waals surface area contributed by atoms with E-state index in [4.69, 9.17) is 0 Å². The predicted octanol–water partition coefficient (Wildman–Crippen LogP) is 3.37. The van der Waals surface area contributed by atoms with Gasteiger partial charge in [-0.05, 0) is 47.0 Å². The normalized spacial score (nSPS) is 14.6. The molecule has 1 aromatic carbocycles. The van der Waals surface area contributed by atoms with Crippen molar-refractivity contribution in [2.45, 2.75) is 18.8 Å². The van der Waals surface area contributed by atoms with Crippen LogP contribution in [0.5, 0.6) is 0 Å². The second-order valence-electron chi connectivity index (χ2n) is 4.41. The molecule has 0 saturated heterocycles. The molecule has 1 fully saturated rings. The maximum absolute atomic E-state index is 11.2. The van der Waals surface area contributed by atoms with E-state index in [1.807, 2.05) is 18.2 Å². The molecular formula is C12H9Br2N3O2. The summed E-state index contributed by atoms with van der Waals surface area (Å²) in [5.74, 6) is -0.786. The highest BCUT2D eigenvalue weighted by Gasteiger charge is 2.34. The maximum atomic E-state index is 11.2. The van der Waals surface area contributed by atoms with Crippen molar-refractivity contribution in [1.82, 2.24) is 15.0 Å². The van der Waals surface area contributed by atoms with E-state index in [-0.39, 0.29) is 11.6 Å². The van der Waals surface area contributed by atoms with Gasteiger partial charge in [0.1, 0.15) is 0 Å². The van der Waals surface area contributed by atoms with Gasteiger partial charge in [0.2, 0.25) is 0 Å². The van der Waals surface area contributed by atoms with Gasteiger partial charge in [-0.15, -0.1) is 5.10 Å². The Balaban J connectivity index is 2.20. The van der Waals surface area contributed by atoms with Crippen LogP contribution in [0.3, 0.4) is 0 Å². The van der Waals surface area contributed by atoms with Crippen molar-refractivity contribution in [3.8, 4) is 5.69 Å². The summed E-state index contributed by atoms with van der Waals surface area (Å²) >= 11 is 6.87. The highest BCUT2D eigenvalue weighted by molar-refractivity contribution is 9.11. The Bertz CT molecular complexity index is 665. The molecule has 3 rings (SSSR count). The third kappa shape index (κ3) is 2.32. The zero-order valence-corrected chi connectivity index (χ0v) is 12.8. The van der Waals surface area contributed by atoms with E-state index in [1.54, 1.807) is 4.68 Å². The molecule has 0 radical (unpaired) electrons. The van der Waals surface area contributed by atoms with E-state index < -0.39 is 5.97 Å². The number of carbonyl (C=O) groups is 1. The smallest absolute Gasteiger partial charge is 0.358 e. The second-order valence-corrected chi connectivity index (χ2v) is 6.18. The van der Waals surface area contributed by atoms with Gasteiger partial charge < -0.3 is 5.11 Å². The molecule has 1 aliphatic carbocycles. The summed E-state index contributed by atoms with van der Waals surface area (Å²) in [6, 6.07) is 5.67. The number of benzene rings is 1. The van der Waals surface area contributed by atoms with E-state index in [0.29, 0.717) is 5.69 Å². The molecule has 0 bridgehead atoms. The molecule has 1 heterocycles. The Labute approximate surface area is 125 Å². The number of aromatic carboxylic acids is 1. The average Bonchev–Trinajstić information content (AvgIpc) is 3.11. The molecule has 0 spiro atoms. The molecule has 2 aromatic rings. The third-order valence-electron chi connectivity index (χ3n) is 3.01. The summed E-state index contributed by atoms with van der Waals surface area (Å²) in [5, 5.41) is 17.0. The Morgan fingerprint density at radius 3 is 2.74 bits per heavy atom. The summed E-state index contributed by atoms with van der Waals surface area (Å²) < 4.78 is 3.37. The Kier molecular flexibility index (Phi) is 3.18. The van der Waals surface area contributed by atoms with Crippen molar-refractivity contribution >= 4 is 37.8 Å². The number of rotatable bonds is 3. The zero-order valence-electron chi connectivity index (χ0n) is 9.68. The molecule has 19 heavy (non-hydrogen) atoms. The Morgan fingerprint density at radius 1 is 1.37 bits per heavy atom. The van der Waals surface area contributed by atoms with E-state index in [2.05, 4.69) is 42.2 Å². The lowest BCUT2D eigenvalue weighted by atomic mass is 10.2. The first-order chi connectivity index (χ1) is 9.08.